The highest BCUT2D eigenvalue weighted by atomic mass is 16.3. The standard InChI is InChI=1S/C12H18N2O3/c1-8-3-4-9(13)5-10(8)11(16)14-6-12(2,17)7-15/h3-5,15,17H,6-7,13H2,1-2H3,(H,14,16). The van der Waals surface area contributed by atoms with Gasteiger partial charge in [-0.15, -0.1) is 0 Å². The maximum absolute atomic E-state index is 11.8. The van der Waals surface area contributed by atoms with E-state index in [1.54, 1.807) is 25.1 Å². The number of hydrogen-bond acceptors (Lipinski definition) is 4. The first-order valence-electron chi connectivity index (χ1n) is 5.33. The highest BCUT2D eigenvalue weighted by Crippen LogP contribution is 2.12. The van der Waals surface area contributed by atoms with Crippen LogP contribution < -0.4 is 11.1 Å². The Kier molecular flexibility index (Phi) is 4.09. The third-order valence-corrected chi connectivity index (χ3v) is 2.48. The van der Waals surface area contributed by atoms with Crippen LogP contribution in [0.4, 0.5) is 5.69 Å². The number of aryl methyl sites for hydroxylation is 1. The lowest BCUT2D eigenvalue weighted by atomic mass is 10.1. The van der Waals surface area contributed by atoms with E-state index in [0.717, 1.165) is 5.56 Å². The summed E-state index contributed by atoms with van der Waals surface area (Å²) in [7, 11) is 0. The Labute approximate surface area is 100 Å². The molecule has 0 bridgehead atoms. The molecule has 17 heavy (non-hydrogen) atoms. The zero-order valence-electron chi connectivity index (χ0n) is 10.0. The third kappa shape index (κ3) is 3.72. The molecule has 0 aliphatic rings. The van der Waals surface area contributed by atoms with Crippen molar-refractivity contribution in [2.75, 3.05) is 18.9 Å². The Hall–Kier alpha value is -1.59. The van der Waals surface area contributed by atoms with Crippen molar-refractivity contribution in [2.45, 2.75) is 19.4 Å². The Morgan fingerprint density at radius 3 is 2.76 bits per heavy atom. The number of nitrogens with one attached hydrogen (secondary N) is 1. The molecule has 0 radical (unpaired) electrons. The van der Waals surface area contributed by atoms with E-state index in [0.29, 0.717) is 11.3 Å². The Morgan fingerprint density at radius 1 is 1.53 bits per heavy atom. The smallest absolute Gasteiger partial charge is 0.251 e. The predicted molar refractivity (Wildman–Crippen MR) is 65.6 cm³/mol. The van der Waals surface area contributed by atoms with Gasteiger partial charge in [-0.25, -0.2) is 0 Å². The van der Waals surface area contributed by atoms with Crippen molar-refractivity contribution in [1.29, 1.82) is 0 Å². The number of rotatable bonds is 4. The molecule has 1 aromatic rings. The lowest BCUT2D eigenvalue weighted by Crippen LogP contribution is -2.43. The summed E-state index contributed by atoms with van der Waals surface area (Å²) in [5.41, 5.74) is 6.07. The largest absolute Gasteiger partial charge is 0.399 e. The average molecular weight is 238 g/mol. The monoisotopic (exact) mass is 238 g/mol. The Morgan fingerprint density at radius 2 is 2.18 bits per heavy atom. The molecule has 5 nitrogen and oxygen atoms in total. The number of benzene rings is 1. The molecule has 0 spiro atoms. The molecule has 94 valence electrons. The van der Waals surface area contributed by atoms with E-state index in [2.05, 4.69) is 5.32 Å². The van der Waals surface area contributed by atoms with Crippen LogP contribution >= 0.6 is 0 Å². The van der Waals surface area contributed by atoms with Crippen LogP contribution in [0.25, 0.3) is 0 Å². The number of hydrogen-bond donors (Lipinski definition) is 4. The van der Waals surface area contributed by atoms with Gasteiger partial charge in [0.05, 0.1) is 6.61 Å². The van der Waals surface area contributed by atoms with E-state index in [4.69, 9.17) is 10.8 Å². The molecule has 0 aliphatic heterocycles. The van der Waals surface area contributed by atoms with Gasteiger partial charge in [-0.05, 0) is 31.5 Å². The van der Waals surface area contributed by atoms with E-state index in [-0.39, 0.29) is 12.5 Å². The molecule has 0 saturated heterocycles. The summed E-state index contributed by atoms with van der Waals surface area (Å²) in [6.07, 6.45) is 0. The van der Waals surface area contributed by atoms with Crippen molar-refractivity contribution in [2.24, 2.45) is 0 Å². The van der Waals surface area contributed by atoms with Crippen molar-refractivity contribution >= 4 is 11.6 Å². The average Bonchev–Trinajstić information content (AvgIpc) is 2.29. The highest BCUT2D eigenvalue weighted by Gasteiger charge is 2.20. The topological polar surface area (TPSA) is 95.6 Å². The van der Waals surface area contributed by atoms with E-state index in [1.807, 2.05) is 0 Å². The fraction of sp³-hybridized carbons (Fsp3) is 0.417. The number of carbonyl (C=O) groups is 1. The van der Waals surface area contributed by atoms with Crippen LogP contribution in [0.3, 0.4) is 0 Å². The maximum atomic E-state index is 11.8. The molecular weight excluding hydrogens is 220 g/mol. The fourth-order valence-corrected chi connectivity index (χ4v) is 1.31. The van der Waals surface area contributed by atoms with Gasteiger partial charge >= 0.3 is 0 Å². The summed E-state index contributed by atoms with van der Waals surface area (Å²) >= 11 is 0. The van der Waals surface area contributed by atoms with Gasteiger partial charge in [0.1, 0.15) is 5.60 Å². The van der Waals surface area contributed by atoms with Crippen LogP contribution in [0.15, 0.2) is 18.2 Å². The molecule has 1 amide bonds. The molecule has 0 fully saturated rings. The summed E-state index contributed by atoms with van der Waals surface area (Å²) in [4.78, 5) is 11.8. The van der Waals surface area contributed by atoms with E-state index in [9.17, 15) is 9.90 Å². The summed E-state index contributed by atoms with van der Waals surface area (Å²) in [6, 6.07) is 5.06. The molecule has 5 heteroatoms. The van der Waals surface area contributed by atoms with Crippen LogP contribution in [-0.2, 0) is 0 Å². The first-order valence-corrected chi connectivity index (χ1v) is 5.33. The molecular formula is C12H18N2O3. The van der Waals surface area contributed by atoms with Crippen LogP contribution in [0.2, 0.25) is 0 Å². The molecule has 1 rings (SSSR count). The molecule has 0 aliphatic carbocycles. The first-order chi connectivity index (χ1) is 7.85. The second kappa shape index (κ2) is 5.16. The minimum Gasteiger partial charge on any atom is -0.399 e. The number of aliphatic hydroxyl groups excluding tert-OH is 1. The van der Waals surface area contributed by atoms with E-state index < -0.39 is 12.2 Å². The first kappa shape index (κ1) is 13.5. The molecule has 1 aromatic carbocycles. The van der Waals surface area contributed by atoms with Crippen LogP contribution in [0.5, 0.6) is 0 Å². The molecule has 5 N–H and O–H groups in total. The second-order valence-corrected chi connectivity index (χ2v) is 4.41. The van der Waals surface area contributed by atoms with Gasteiger partial charge in [-0.3, -0.25) is 4.79 Å². The van der Waals surface area contributed by atoms with Crippen molar-refractivity contribution < 1.29 is 15.0 Å². The van der Waals surface area contributed by atoms with Crippen LogP contribution in [-0.4, -0.2) is 34.9 Å². The zero-order chi connectivity index (χ0) is 13.1. The predicted octanol–water partition coefficient (Wildman–Crippen LogP) is 0.0503. The number of aliphatic hydroxyl groups is 2. The zero-order valence-corrected chi connectivity index (χ0v) is 10.0. The van der Waals surface area contributed by atoms with Gasteiger partial charge in [0.2, 0.25) is 0 Å². The fourth-order valence-electron chi connectivity index (χ4n) is 1.31. The lowest BCUT2D eigenvalue weighted by Gasteiger charge is -2.20. The van der Waals surface area contributed by atoms with Crippen molar-refractivity contribution in [1.82, 2.24) is 5.32 Å². The lowest BCUT2D eigenvalue weighted by molar-refractivity contribution is 0.00319. The molecule has 1 atom stereocenters. The van der Waals surface area contributed by atoms with Gasteiger partial charge in [-0.2, -0.15) is 0 Å². The number of amides is 1. The van der Waals surface area contributed by atoms with Crippen LogP contribution in [0, 0.1) is 6.92 Å². The number of anilines is 1. The van der Waals surface area contributed by atoms with Gasteiger partial charge in [0.15, 0.2) is 0 Å². The normalized spacial score (nSPS) is 14.1. The van der Waals surface area contributed by atoms with Gasteiger partial charge < -0.3 is 21.3 Å². The maximum Gasteiger partial charge on any atom is 0.251 e. The third-order valence-electron chi connectivity index (χ3n) is 2.48. The van der Waals surface area contributed by atoms with Crippen LogP contribution in [0.1, 0.15) is 22.8 Å². The van der Waals surface area contributed by atoms with Crippen molar-refractivity contribution in [3.63, 3.8) is 0 Å². The Balaban J connectivity index is 2.74. The van der Waals surface area contributed by atoms with Gasteiger partial charge in [0.25, 0.3) is 5.91 Å². The highest BCUT2D eigenvalue weighted by molar-refractivity contribution is 5.96. The van der Waals surface area contributed by atoms with Crippen molar-refractivity contribution in [3.8, 4) is 0 Å². The number of nitrogens with two attached hydrogens (primary N) is 1. The van der Waals surface area contributed by atoms with Gasteiger partial charge in [0, 0.05) is 17.8 Å². The molecule has 1 unspecified atom stereocenters. The minimum atomic E-state index is -1.32. The summed E-state index contributed by atoms with van der Waals surface area (Å²) in [5, 5.41) is 21.0. The summed E-state index contributed by atoms with van der Waals surface area (Å²) < 4.78 is 0. The second-order valence-electron chi connectivity index (χ2n) is 4.41. The quantitative estimate of drug-likeness (QED) is 0.557. The van der Waals surface area contributed by atoms with Gasteiger partial charge in [-0.1, -0.05) is 6.07 Å². The summed E-state index contributed by atoms with van der Waals surface area (Å²) in [6.45, 7) is 2.82. The molecule has 0 aromatic heterocycles. The Bertz CT molecular complexity index is 416. The number of nitrogen functional groups attached to an aromatic ring is 1. The van der Waals surface area contributed by atoms with Crippen molar-refractivity contribution in [3.05, 3.63) is 29.3 Å². The number of carbonyl (C=O) groups excluding carboxylic acids is 1. The minimum absolute atomic E-state index is 0.0173. The van der Waals surface area contributed by atoms with E-state index >= 15 is 0 Å². The summed E-state index contributed by atoms with van der Waals surface area (Å²) in [5.74, 6) is -0.316. The van der Waals surface area contributed by atoms with E-state index in [1.165, 1.54) is 6.92 Å². The molecule has 0 saturated carbocycles. The molecule has 0 heterocycles. The SMILES string of the molecule is Cc1ccc(N)cc1C(=O)NCC(C)(O)CO.